The third kappa shape index (κ3) is 3.24. The Morgan fingerprint density at radius 1 is 1.29 bits per heavy atom. The van der Waals surface area contributed by atoms with Crippen LogP contribution >= 0.6 is 0 Å². The van der Waals surface area contributed by atoms with Crippen molar-refractivity contribution < 1.29 is 22.4 Å². The van der Waals surface area contributed by atoms with Gasteiger partial charge in [-0.05, 0) is 18.1 Å². The molecule has 0 aliphatic heterocycles. The summed E-state index contributed by atoms with van der Waals surface area (Å²) in [5, 5.41) is 2.22. The lowest BCUT2D eigenvalue weighted by Gasteiger charge is -2.13. The van der Waals surface area contributed by atoms with E-state index in [0.29, 0.717) is 5.69 Å². The van der Waals surface area contributed by atoms with Crippen molar-refractivity contribution >= 4 is 11.6 Å². The van der Waals surface area contributed by atoms with E-state index in [4.69, 9.17) is 4.42 Å². The topological polar surface area (TPSA) is 55.1 Å². The van der Waals surface area contributed by atoms with E-state index in [1.807, 2.05) is 0 Å². The van der Waals surface area contributed by atoms with Crippen LogP contribution in [0.2, 0.25) is 0 Å². The summed E-state index contributed by atoms with van der Waals surface area (Å²) in [4.78, 5) is 16.0. The number of hydrogen-bond donors (Lipinski definition) is 1. The van der Waals surface area contributed by atoms with E-state index in [1.54, 1.807) is 13.8 Å². The summed E-state index contributed by atoms with van der Waals surface area (Å²) in [5.74, 6) is -0.919. The molecule has 0 unspecified atom stereocenters. The van der Waals surface area contributed by atoms with E-state index >= 15 is 0 Å². The number of rotatable bonds is 3. The first-order valence-electron chi connectivity index (χ1n) is 6.21. The zero-order valence-electron chi connectivity index (χ0n) is 11.4. The Labute approximate surface area is 119 Å². The lowest BCUT2D eigenvalue weighted by Crippen LogP contribution is -2.17. The molecular formula is C14H13F3N2O2. The lowest BCUT2D eigenvalue weighted by molar-refractivity contribution is -0.136. The predicted octanol–water partition coefficient (Wildman–Crippen LogP) is 4.07. The van der Waals surface area contributed by atoms with E-state index < -0.39 is 17.6 Å². The Hall–Kier alpha value is -2.31. The van der Waals surface area contributed by atoms with Crippen molar-refractivity contribution in [3.05, 3.63) is 47.7 Å². The average molecular weight is 298 g/mol. The van der Waals surface area contributed by atoms with Gasteiger partial charge in [0.25, 0.3) is 5.91 Å². The molecule has 0 saturated heterocycles. The average Bonchev–Trinajstić information content (AvgIpc) is 2.87. The maximum atomic E-state index is 12.9. The number of hydrogen-bond acceptors (Lipinski definition) is 3. The van der Waals surface area contributed by atoms with Crippen LogP contribution in [-0.4, -0.2) is 10.9 Å². The number of anilines is 1. The van der Waals surface area contributed by atoms with E-state index in [0.717, 1.165) is 12.5 Å². The van der Waals surface area contributed by atoms with Crippen LogP contribution in [0.25, 0.3) is 0 Å². The zero-order valence-corrected chi connectivity index (χ0v) is 11.4. The molecule has 2 rings (SSSR count). The highest BCUT2D eigenvalue weighted by atomic mass is 19.4. The number of benzene rings is 1. The van der Waals surface area contributed by atoms with E-state index in [1.165, 1.54) is 18.2 Å². The first-order chi connectivity index (χ1) is 9.80. The Kier molecular flexibility index (Phi) is 4.02. The van der Waals surface area contributed by atoms with Gasteiger partial charge in [0.2, 0.25) is 5.76 Å². The quantitative estimate of drug-likeness (QED) is 0.929. The molecule has 1 amide bonds. The van der Waals surface area contributed by atoms with Crippen molar-refractivity contribution in [1.29, 1.82) is 0 Å². The number of nitrogens with one attached hydrogen (secondary N) is 1. The molecule has 21 heavy (non-hydrogen) atoms. The van der Waals surface area contributed by atoms with Crippen LogP contribution in [0.5, 0.6) is 0 Å². The van der Waals surface area contributed by atoms with Crippen molar-refractivity contribution in [3.8, 4) is 0 Å². The second-order valence-corrected chi connectivity index (χ2v) is 4.72. The summed E-state index contributed by atoms with van der Waals surface area (Å²) >= 11 is 0. The highest BCUT2D eigenvalue weighted by Crippen LogP contribution is 2.34. The number of aromatic nitrogens is 1. The summed E-state index contributed by atoms with van der Waals surface area (Å²) in [6.45, 7) is 3.61. The minimum atomic E-state index is -4.55. The summed E-state index contributed by atoms with van der Waals surface area (Å²) in [7, 11) is 0. The fraction of sp³-hybridized carbons (Fsp3) is 0.286. The lowest BCUT2D eigenvalue weighted by atomic mass is 10.1. The van der Waals surface area contributed by atoms with Gasteiger partial charge in [-0.3, -0.25) is 4.79 Å². The molecule has 0 fully saturated rings. The Morgan fingerprint density at radius 3 is 2.57 bits per heavy atom. The van der Waals surface area contributed by atoms with E-state index in [-0.39, 0.29) is 17.4 Å². The molecule has 0 saturated carbocycles. The van der Waals surface area contributed by atoms with Gasteiger partial charge < -0.3 is 9.73 Å². The highest BCUT2D eigenvalue weighted by molar-refractivity contribution is 6.03. The van der Waals surface area contributed by atoms with Gasteiger partial charge in [-0.25, -0.2) is 4.98 Å². The highest BCUT2D eigenvalue weighted by Gasteiger charge is 2.34. The third-order valence-corrected chi connectivity index (χ3v) is 2.83. The van der Waals surface area contributed by atoms with E-state index in [2.05, 4.69) is 10.3 Å². The number of alkyl halides is 3. The van der Waals surface area contributed by atoms with Gasteiger partial charge in [-0.2, -0.15) is 13.2 Å². The number of amides is 1. The SMILES string of the molecule is CC(C)c1ncoc1C(=O)Nc1ccccc1C(F)(F)F. The summed E-state index contributed by atoms with van der Waals surface area (Å²) in [5.41, 5.74) is -0.831. The fourth-order valence-electron chi connectivity index (χ4n) is 1.85. The molecule has 1 aromatic carbocycles. The standard InChI is InChI=1S/C14H13F3N2O2/c1-8(2)11-12(21-7-18-11)13(20)19-10-6-4-3-5-9(10)14(15,16)17/h3-8H,1-2H3,(H,19,20). The second kappa shape index (κ2) is 5.59. The van der Waals surface area contributed by atoms with Crippen LogP contribution in [0.15, 0.2) is 35.1 Å². The number of para-hydroxylation sites is 1. The summed E-state index contributed by atoms with van der Waals surface area (Å²) < 4.78 is 43.6. The molecule has 0 aliphatic rings. The smallest absolute Gasteiger partial charge is 0.418 e. The third-order valence-electron chi connectivity index (χ3n) is 2.83. The molecule has 112 valence electrons. The van der Waals surface area contributed by atoms with Crippen LogP contribution in [0.3, 0.4) is 0 Å². The Balaban J connectivity index is 2.31. The van der Waals surface area contributed by atoms with Gasteiger partial charge in [0, 0.05) is 0 Å². The van der Waals surface area contributed by atoms with Crippen molar-refractivity contribution in [2.45, 2.75) is 25.9 Å². The zero-order chi connectivity index (χ0) is 15.6. The van der Waals surface area contributed by atoms with Crippen LogP contribution in [0, 0.1) is 0 Å². The van der Waals surface area contributed by atoms with Gasteiger partial charge in [-0.1, -0.05) is 26.0 Å². The molecule has 0 radical (unpaired) electrons. The van der Waals surface area contributed by atoms with Crippen molar-refractivity contribution in [2.24, 2.45) is 0 Å². The van der Waals surface area contributed by atoms with Crippen LogP contribution in [-0.2, 0) is 6.18 Å². The van der Waals surface area contributed by atoms with Gasteiger partial charge in [-0.15, -0.1) is 0 Å². The minimum absolute atomic E-state index is 0.0811. The molecule has 0 atom stereocenters. The molecule has 2 aromatic rings. The van der Waals surface area contributed by atoms with E-state index in [9.17, 15) is 18.0 Å². The van der Waals surface area contributed by atoms with Gasteiger partial charge >= 0.3 is 6.18 Å². The fourth-order valence-corrected chi connectivity index (χ4v) is 1.85. The maximum absolute atomic E-state index is 12.9. The van der Waals surface area contributed by atoms with Crippen LogP contribution in [0.4, 0.5) is 18.9 Å². The largest absolute Gasteiger partial charge is 0.438 e. The maximum Gasteiger partial charge on any atom is 0.418 e. The molecule has 4 nitrogen and oxygen atoms in total. The molecule has 7 heteroatoms. The van der Waals surface area contributed by atoms with Crippen LogP contribution in [0.1, 0.15) is 41.6 Å². The molecule has 1 heterocycles. The molecular weight excluding hydrogens is 285 g/mol. The number of carbonyl (C=O) groups is 1. The second-order valence-electron chi connectivity index (χ2n) is 4.72. The first kappa shape index (κ1) is 15.1. The first-order valence-corrected chi connectivity index (χ1v) is 6.21. The number of halogens is 3. The Bertz CT molecular complexity index is 648. The summed E-state index contributed by atoms with van der Waals surface area (Å²) in [6.07, 6.45) is -3.45. The van der Waals surface area contributed by atoms with Crippen molar-refractivity contribution in [2.75, 3.05) is 5.32 Å². The Morgan fingerprint density at radius 2 is 1.95 bits per heavy atom. The number of carbonyl (C=O) groups excluding carboxylic acids is 1. The minimum Gasteiger partial charge on any atom is -0.438 e. The molecule has 0 aliphatic carbocycles. The predicted molar refractivity (Wildman–Crippen MR) is 70.0 cm³/mol. The molecule has 0 bridgehead atoms. The molecule has 0 spiro atoms. The van der Waals surface area contributed by atoms with Crippen molar-refractivity contribution in [3.63, 3.8) is 0 Å². The van der Waals surface area contributed by atoms with Crippen LogP contribution < -0.4 is 5.32 Å². The summed E-state index contributed by atoms with van der Waals surface area (Å²) in [6, 6.07) is 4.76. The van der Waals surface area contributed by atoms with Gasteiger partial charge in [0.1, 0.15) is 0 Å². The van der Waals surface area contributed by atoms with Crippen molar-refractivity contribution in [1.82, 2.24) is 4.98 Å². The molecule has 1 aromatic heterocycles. The monoisotopic (exact) mass is 298 g/mol. The van der Waals surface area contributed by atoms with Gasteiger partial charge in [0.15, 0.2) is 6.39 Å². The van der Waals surface area contributed by atoms with Gasteiger partial charge in [0.05, 0.1) is 16.9 Å². The normalized spacial score (nSPS) is 11.7. The number of oxazole rings is 1. The number of nitrogens with zero attached hydrogens (tertiary/aromatic N) is 1. The molecule has 1 N–H and O–H groups in total.